The van der Waals surface area contributed by atoms with Gasteiger partial charge in [0.2, 0.25) is 0 Å². The molecule has 4 nitrogen and oxygen atoms in total. The van der Waals surface area contributed by atoms with Crippen molar-refractivity contribution in [2.45, 2.75) is 19.8 Å². The summed E-state index contributed by atoms with van der Waals surface area (Å²) in [6, 6.07) is 6.08. The zero-order valence-electron chi connectivity index (χ0n) is 13.4. The largest absolute Gasteiger partial charge is 0.352 e. The fourth-order valence-corrected chi connectivity index (χ4v) is 2.73. The van der Waals surface area contributed by atoms with Gasteiger partial charge in [0.25, 0.3) is 5.91 Å². The number of amides is 1. The summed E-state index contributed by atoms with van der Waals surface area (Å²) < 4.78 is 13.4. The second kappa shape index (κ2) is 8.86. The topological polar surface area (TPSA) is 35.6 Å². The van der Waals surface area contributed by atoms with E-state index in [2.05, 4.69) is 22.0 Å². The minimum atomic E-state index is -0.464. The Labute approximate surface area is 132 Å². The first kappa shape index (κ1) is 16.9. The lowest BCUT2D eigenvalue weighted by Gasteiger charge is -2.33. The smallest absolute Gasteiger partial charge is 0.254 e. The Balaban J connectivity index is 1.58. The highest BCUT2D eigenvalue weighted by molar-refractivity contribution is 5.94. The molecule has 1 N–H and O–H groups in total. The second-order valence-electron chi connectivity index (χ2n) is 5.72. The van der Waals surface area contributed by atoms with Gasteiger partial charge in [0, 0.05) is 32.7 Å². The molecule has 0 aliphatic carbocycles. The minimum absolute atomic E-state index is 0.123. The van der Waals surface area contributed by atoms with Crippen LogP contribution in [0.4, 0.5) is 4.39 Å². The Bertz CT molecular complexity index is 473. The number of nitrogens with zero attached hydrogens (tertiary/aromatic N) is 2. The highest BCUT2D eigenvalue weighted by atomic mass is 19.1. The molecule has 1 amide bonds. The summed E-state index contributed by atoms with van der Waals surface area (Å²) in [6.45, 7) is 9.59. The van der Waals surface area contributed by atoms with Gasteiger partial charge in [-0.25, -0.2) is 4.39 Å². The van der Waals surface area contributed by atoms with Crippen molar-refractivity contribution in [1.82, 2.24) is 15.1 Å². The Kier molecular flexibility index (Phi) is 6.80. The van der Waals surface area contributed by atoms with Gasteiger partial charge >= 0.3 is 0 Å². The predicted octanol–water partition coefficient (Wildman–Crippen LogP) is 1.97. The van der Waals surface area contributed by atoms with E-state index in [0.29, 0.717) is 6.54 Å². The average molecular weight is 307 g/mol. The van der Waals surface area contributed by atoms with Gasteiger partial charge < -0.3 is 15.1 Å². The Morgan fingerprint density at radius 3 is 2.50 bits per heavy atom. The molecule has 1 saturated heterocycles. The Hall–Kier alpha value is -1.46. The van der Waals surface area contributed by atoms with Gasteiger partial charge in [0.1, 0.15) is 5.82 Å². The summed E-state index contributed by atoms with van der Waals surface area (Å²) in [5.74, 6) is -0.788. The third kappa shape index (κ3) is 5.07. The van der Waals surface area contributed by atoms with E-state index in [1.54, 1.807) is 12.1 Å². The molecule has 5 heteroatoms. The number of halogens is 1. The molecule has 0 bridgehead atoms. The SMILES string of the molecule is CCN1CCN(CCCCNC(=O)c2ccccc2F)CC1. The maximum atomic E-state index is 13.4. The molecule has 1 aromatic carbocycles. The number of likely N-dealkylation sites (N-methyl/N-ethyl adjacent to an activating group) is 1. The van der Waals surface area contributed by atoms with Crippen molar-refractivity contribution >= 4 is 5.91 Å². The van der Waals surface area contributed by atoms with E-state index in [-0.39, 0.29) is 11.5 Å². The van der Waals surface area contributed by atoms with Crippen LogP contribution in [0.25, 0.3) is 0 Å². The van der Waals surface area contributed by atoms with Crippen molar-refractivity contribution in [3.05, 3.63) is 35.6 Å². The van der Waals surface area contributed by atoms with Gasteiger partial charge in [-0.2, -0.15) is 0 Å². The number of carbonyl (C=O) groups is 1. The predicted molar refractivity (Wildman–Crippen MR) is 86.5 cm³/mol. The second-order valence-corrected chi connectivity index (χ2v) is 5.72. The molecule has 1 aromatic rings. The van der Waals surface area contributed by atoms with Gasteiger partial charge in [-0.3, -0.25) is 4.79 Å². The summed E-state index contributed by atoms with van der Waals surface area (Å²) >= 11 is 0. The van der Waals surface area contributed by atoms with Crippen LogP contribution in [-0.2, 0) is 0 Å². The molecule has 0 atom stereocenters. The molecule has 0 spiro atoms. The molecule has 1 heterocycles. The number of carbonyl (C=O) groups excluding carboxylic acids is 1. The molecule has 0 unspecified atom stereocenters. The molecule has 2 rings (SSSR count). The van der Waals surface area contributed by atoms with E-state index in [1.807, 2.05) is 0 Å². The number of nitrogens with one attached hydrogen (secondary N) is 1. The summed E-state index contributed by atoms with van der Waals surface area (Å²) in [5.41, 5.74) is 0.123. The lowest BCUT2D eigenvalue weighted by Crippen LogP contribution is -2.46. The van der Waals surface area contributed by atoms with Crippen molar-refractivity contribution in [3.63, 3.8) is 0 Å². The fourth-order valence-electron chi connectivity index (χ4n) is 2.73. The van der Waals surface area contributed by atoms with E-state index >= 15 is 0 Å². The summed E-state index contributed by atoms with van der Waals surface area (Å²) in [4.78, 5) is 16.8. The molecule has 122 valence electrons. The highest BCUT2D eigenvalue weighted by Crippen LogP contribution is 2.06. The van der Waals surface area contributed by atoms with Crippen molar-refractivity contribution in [3.8, 4) is 0 Å². The quantitative estimate of drug-likeness (QED) is 0.782. The zero-order valence-corrected chi connectivity index (χ0v) is 13.4. The first-order valence-corrected chi connectivity index (χ1v) is 8.18. The number of hydrogen-bond acceptors (Lipinski definition) is 3. The molecular formula is C17H26FN3O. The molecule has 0 aromatic heterocycles. The first-order chi connectivity index (χ1) is 10.7. The van der Waals surface area contributed by atoms with E-state index in [9.17, 15) is 9.18 Å². The van der Waals surface area contributed by atoms with Crippen LogP contribution in [0.15, 0.2) is 24.3 Å². The standard InChI is InChI=1S/C17H26FN3O/c1-2-20-11-13-21(14-12-20)10-6-5-9-19-17(22)15-7-3-4-8-16(15)18/h3-4,7-8H,2,5-6,9-14H2,1H3,(H,19,22). The lowest BCUT2D eigenvalue weighted by molar-refractivity contribution is 0.0947. The van der Waals surface area contributed by atoms with Crippen LogP contribution in [0.5, 0.6) is 0 Å². The van der Waals surface area contributed by atoms with Gasteiger partial charge in [-0.15, -0.1) is 0 Å². The zero-order chi connectivity index (χ0) is 15.8. The van der Waals surface area contributed by atoms with Gasteiger partial charge in [-0.1, -0.05) is 19.1 Å². The van der Waals surface area contributed by atoms with Crippen LogP contribution in [0.1, 0.15) is 30.1 Å². The number of piperazine rings is 1. The number of rotatable bonds is 7. The van der Waals surface area contributed by atoms with Crippen molar-refractivity contribution < 1.29 is 9.18 Å². The van der Waals surface area contributed by atoms with Crippen LogP contribution in [0.2, 0.25) is 0 Å². The fraction of sp³-hybridized carbons (Fsp3) is 0.588. The summed E-state index contributed by atoms with van der Waals surface area (Å²) in [7, 11) is 0. The molecule has 1 fully saturated rings. The normalized spacial score (nSPS) is 16.6. The van der Waals surface area contributed by atoms with E-state index < -0.39 is 5.82 Å². The van der Waals surface area contributed by atoms with Crippen molar-refractivity contribution in [2.75, 3.05) is 45.8 Å². The van der Waals surface area contributed by atoms with Crippen LogP contribution >= 0.6 is 0 Å². The van der Waals surface area contributed by atoms with E-state index in [0.717, 1.165) is 52.1 Å². The molecular weight excluding hydrogens is 281 g/mol. The molecule has 1 aliphatic heterocycles. The average Bonchev–Trinajstić information content (AvgIpc) is 2.55. The third-order valence-corrected chi connectivity index (χ3v) is 4.22. The summed E-state index contributed by atoms with van der Waals surface area (Å²) in [5, 5.41) is 2.79. The van der Waals surface area contributed by atoms with Crippen LogP contribution in [-0.4, -0.2) is 61.5 Å². The third-order valence-electron chi connectivity index (χ3n) is 4.22. The van der Waals surface area contributed by atoms with Crippen LogP contribution in [0.3, 0.4) is 0 Å². The van der Waals surface area contributed by atoms with Gasteiger partial charge in [-0.05, 0) is 38.1 Å². The van der Waals surface area contributed by atoms with Crippen molar-refractivity contribution in [1.29, 1.82) is 0 Å². The number of unbranched alkanes of at least 4 members (excludes halogenated alkanes) is 1. The van der Waals surface area contributed by atoms with E-state index in [4.69, 9.17) is 0 Å². The monoisotopic (exact) mass is 307 g/mol. The maximum absolute atomic E-state index is 13.4. The molecule has 0 radical (unpaired) electrons. The maximum Gasteiger partial charge on any atom is 0.254 e. The molecule has 22 heavy (non-hydrogen) atoms. The first-order valence-electron chi connectivity index (χ1n) is 8.18. The van der Waals surface area contributed by atoms with Gasteiger partial charge in [0.15, 0.2) is 0 Å². The summed E-state index contributed by atoms with van der Waals surface area (Å²) in [6.07, 6.45) is 1.98. The minimum Gasteiger partial charge on any atom is -0.352 e. The van der Waals surface area contributed by atoms with Crippen molar-refractivity contribution in [2.24, 2.45) is 0 Å². The van der Waals surface area contributed by atoms with Gasteiger partial charge in [0.05, 0.1) is 5.56 Å². The van der Waals surface area contributed by atoms with Crippen LogP contribution < -0.4 is 5.32 Å². The Morgan fingerprint density at radius 1 is 1.14 bits per heavy atom. The van der Waals surface area contributed by atoms with Crippen LogP contribution in [0, 0.1) is 5.82 Å². The number of benzene rings is 1. The number of hydrogen-bond donors (Lipinski definition) is 1. The molecule has 0 saturated carbocycles. The Morgan fingerprint density at radius 2 is 1.82 bits per heavy atom. The molecule has 1 aliphatic rings. The lowest BCUT2D eigenvalue weighted by atomic mass is 10.2. The highest BCUT2D eigenvalue weighted by Gasteiger charge is 2.14. The van der Waals surface area contributed by atoms with E-state index in [1.165, 1.54) is 12.1 Å².